The van der Waals surface area contributed by atoms with E-state index < -0.39 is 38.4 Å². The predicted molar refractivity (Wildman–Crippen MR) is 45.1 cm³/mol. The Morgan fingerprint density at radius 1 is 1.57 bits per heavy atom. The van der Waals surface area contributed by atoms with Crippen LogP contribution in [0.1, 0.15) is 13.3 Å². The van der Waals surface area contributed by atoms with E-state index in [2.05, 4.69) is 0 Å². The van der Waals surface area contributed by atoms with Gasteiger partial charge in [0.05, 0.1) is 11.7 Å². The molecule has 1 N–H and O–H groups in total. The number of hydrogen-bond acceptors (Lipinski definition) is 4. The number of β-lactam (4-membered cyclic amide) rings is 1. The molecule has 0 bridgehead atoms. The minimum Gasteiger partial charge on any atom is -0.480 e. The number of sulfone groups is 1. The van der Waals surface area contributed by atoms with Gasteiger partial charge in [0.2, 0.25) is 5.91 Å². The topological polar surface area (TPSA) is 91.8 Å². The molecule has 78 valence electrons. The van der Waals surface area contributed by atoms with Crippen molar-refractivity contribution < 1.29 is 23.1 Å². The Morgan fingerprint density at radius 2 is 2.14 bits per heavy atom. The van der Waals surface area contributed by atoms with Crippen LogP contribution in [0.5, 0.6) is 0 Å². The Morgan fingerprint density at radius 3 is 2.50 bits per heavy atom. The standard InChI is InChI=1S/C7H9NO5S/c1-3-6(7(10)11)8-4(9)2-5(8)14(3,12)13/h3,5-6H,2H2,1H3,(H,10,11)/t3?,5-,6?/m1/s1. The highest BCUT2D eigenvalue weighted by atomic mass is 32.2. The zero-order valence-electron chi connectivity index (χ0n) is 7.37. The molecule has 0 aromatic carbocycles. The smallest absolute Gasteiger partial charge is 0.327 e. The molecule has 6 nitrogen and oxygen atoms in total. The van der Waals surface area contributed by atoms with E-state index in [9.17, 15) is 18.0 Å². The number of carbonyl (C=O) groups excluding carboxylic acids is 1. The van der Waals surface area contributed by atoms with E-state index in [1.54, 1.807) is 0 Å². The van der Waals surface area contributed by atoms with Crippen molar-refractivity contribution in [3.05, 3.63) is 0 Å². The van der Waals surface area contributed by atoms with E-state index in [1.807, 2.05) is 0 Å². The average molecular weight is 219 g/mol. The van der Waals surface area contributed by atoms with Gasteiger partial charge in [-0.3, -0.25) is 4.79 Å². The van der Waals surface area contributed by atoms with E-state index in [1.165, 1.54) is 6.92 Å². The zero-order valence-corrected chi connectivity index (χ0v) is 8.19. The second kappa shape index (κ2) is 2.47. The molecule has 2 rings (SSSR count). The van der Waals surface area contributed by atoms with Crippen LogP contribution in [0.4, 0.5) is 0 Å². The summed E-state index contributed by atoms with van der Waals surface area (Å²) < 4.78 is 23.1. The molecule has 0 radical (unpaired) electrons. The highest BCUT2D eigenvalue weighted by Gasteiger charge is 2.61. The van der Waals surface area contributed by atoms with Crippen LogP contribution in [0.2, 0.25) is 0 Å². The third kappa shape index (κ3) is 0.875. The third-order valence-corrected chi connectivity index (χ3v) is 5.29. The molecule has 0 aromatic heterocycles. The van der Waals surface area contributed by atoms with Gasteiger partial charge in [0, 0.05) is 0 Å². The summed E-state index contributed by atoms with van der Waals surface area (Å²) in [6.45, 7) is 1.33. The monoisotopic (exact) mass is 219 g/mol. The van der Waals surface area contributed by atoms with Crippen molar-refractivity contribution in [1.82, 2.24) is 4.90 Å². The van der Waals surface area contributed by atoms with Crippen molar-refractivity contribution >= 4 is 21.7 Å². The Bertz CT molecular complexity index is 414. The first-order valence-electron chi connectivity index (χ1n) is 4.14. The number of fused-ring (bicyclic) bond motifs is 1. The molecule has 2 aliphatic rings. The summed E-state index contributed by atoms with van der Waals surface area (Å²) in [6.07, 6.45) is -0.0730. The van der Waals surface area contributed by atoms with Gasteiger partial charge in [-0.2, -0.15) is 0 Å². The summed E-state index contributed by atoms with van der Waals surface area (Å²) in [4.78, 5) is 22.8. The number of carboxylic acid groups (broad SMARTS) is 1. The van der Waals surface area contributed by atoms with E-state index in [-0.39, 0.29) is 6.42 Å². The van der Waals surface area contributed by atoms with Gasteiger partial charge in [-0.15, -0.1) is 0 Å². The third-order valence-electron chi connectivity index (χ3n) is 2.84. The molecule has 1 amide bonds. The quantitative estimate of drug-likeness (QED) is 0.560. The van der Waals surface area contributed by atoms with Gasteiger partial charge in [0.15, 0.2) is 9.84 Å². The van der Waals surface area contributed by atoms with Crippen molar-refractivity contribution in [3.8, 4) is 0 Å². The summed E-state index contributed by atoms with van der Waals surface area (Å²) in [5, 5.41) is 6.90. The lowest BCUT2D eigenvalue weighted by Crippen LogP contribution is -2.56. The van der Waals surface area contributed by atoms with Gasteiger partial charge in [-0.25, -0.2) is 13.2 Å². The SMILES string of the molecule is CC1C(C(=O)O)N2C(=O)C[C@H]2S1(=O)=O. The van der Waals surface area contributed by atoms with Gasteiger partial charge in [-0.05, 0) is 6.92 Å². The molecule has 2 aliphatic heterocycles. The van der Waals surface area contributed by atoms with Crippen LogP contribution in [0, 0.1) is 0 Å². The van der Waals surface area contributed by atoms with E-state index >= 15 is 0 Å². The summed E-state index contributed by atoms with van der Waals surface area (Å²) in [5.74, 6) is -1.65. The Labute approximate surface area is 80.4 Å². The first-order valence-corrected chi connectivity index (χ1v) is 5.75. The van der Waals surface area contributed by atoms with Crippen LogP contribution in [0.25, 0.3) is 0 Å². The molecule has 0 saturated carbocycles. The lowest BCUT2D eigenvalue weighted by atomic mass is 10.1. The van der Waals surface area contributed by atoms with Crippen LogP contribution >= 0.6 is 0 Å². The molecule has 7 heteroatoms. The maximum absolute atomic E-state index is 11.6. The number of nitrogens with zero attached hydrogens (tertiary/aromatic N) is 1. The van der Waals surface area contributed by atoms with Crippen molar-refractivity contribution in [1.29, 1.82) is 0 Å². The molecular formula is C7H9NO5S. The van der Waals surface area contributed by atoms with Gasteiger partial charge in [0.25, 0.3) is 0 Å². The molecule has 2 heterocycles. The molecule has 0 aliphatic carbocycles. The maximum Gasteiger partial charge on any atom is 0.327 e. The second-order valence-corrected chi connectivity index (χ2v) is 6.00. The Kier molecular flexibility index (Phi) is 1.67. The lowest BCUT2D eigenvalue weighted by Gasteiger charge is -2.34. The molecule has 2 fully saturated rings. The molecule has 2 saturated heterocycles. The van der Waals surface area contributed by atoms with Crippen molar-refractivity contribution in [2.24, 2.45) is 0 Å². The van der Waals surface area contributed by atoms with Gasteiger partial charge in [-0.1, -0.05) is 0 Å². The molecular weight excluding hydrogens is 210 g/mol. The summed E-state index contributed by atoms with van der Waals surface area (Å²) in [5.41, 5.74) is 0. The number of carboxylic acids is 1. The van der Waals surface area contributed by atoms with Gasteiger partial charge < -0.3 is 10.0 Å². The van der Waals surface area contributed by atoms with Crippen LogP contribution < -0.4 is 0 Å². The number of amides is 1. The zero-order chi connectivity index (χ0) is 10.7. The highest BCUT2D eigenvalue weighted by molar-refractivity contribution is 7.93. The predicted octanol–water partition coefficient (Wildman–Crippen LogP) is -1.19. The molecule has 2 unspecified atom stereocenters. The minimum atomic E-state index is -3.47. The van der Waals surface area contributed by atoms with Crippen LogP contribution in [0.3, 0.4) is 0 Å². The first kappa shape index (κ1) is 9.45. The van der Waals surface area contributed by atoms with Crippen molar-refractivity contribution in [2.75, 3.05) is 0 Å². The number of aliphatic carboxylic acids is 1. The number of hydrogen-bond donors (Lipinski definition) is 1. The Balaban J connectivity index is 2.46. The normalized spacial score (nSPS) is 39.1. The molecule has 0 spiro atoms. The average Bonchev–Trinajstić information content (AvgIpc) is 2.21. The molecule has 3 atom stereocenters. The molecule has 14 heavy (non-hydrogen) atoms. The van der Waals surface area contributed by atoms with E-state index in [4.69, 9.17) is 5.11 Å². The van der Waals surface area contributed by atoms with Gasteiger partial charge in [0.1, 0.15) is 11.4 Å². The maximum atomic E-state index is 11.6. The second-order valence-electron chi connectivity index (χ2n) is 3.54. The van der Waals surface area contributed by atoms with E-state index in [0.29, 0.717) is 0 Å². The first-order chi connectivity index (χ1) is 6.37. The Hall–Kier alpha value is -1.11. The summed E-state index contributed by atoms with van der Waals surface area (Å²) in [7, 11) is -3.47. The fraction of sp³-hybridized carbons (Fsp3) is 0.714. The largest absolute Gasteiger partial charge is 0.480 e. The van der Waals surface area contributed by atoms with Gasteiger partial charge >= 0.3 is 5.97 Å². The van der Waals surface area contributed by atoms with E-state index in [0.717, 1.165) is 4.90 Å². The fourth-order valence-corrected chi connectivity index (χ4v) is 4.03. The molecule has 0 aromatic rings. The lowest BCUT2D eigenvalue weighted by molar-refractivity contribution is -0.156. The fourth-order valence-electron chi connectivity index (χ4n) is 1.98. The number of carbonyl (C=O) groups is 2. The van der Waals surface area contributed by atoms with Crippen LogP contribution in [0.15, 0.2) is 0 Å². The highest BCUT2D eigenvalue weighted by Crippen LogP contribution is 2.39. The van der Waals surface area contributed by atoms with Crippen molar-refractivity contribution in [2.45, 2.75) is 30.0 Å². The summed E-state index contributed by atoms with van der Waals surface area (Å²) in [6, 6.07) is -1.20. The van der Waals surface area contributed by atoms with Crippen molar-refractivity contribution in [3.63, 3.8) is 0 Å². The summed E-state index contributed by atoms with van der Waals surface area (Å²) >= 11 is 0. The van der Waals surface area contributed by atoms with Crippen LogP contribution in [-0.4, -0.2) is 47.0 Å². The number of rotatable bonds is 1. The minimum absolute atomic E-state index is 0.0730. The van der Waals surface area contributed by atoms with Crippen LogP contribution in [-0.2, 0) is 19.4 Å².